The summed E-state index contributed by atoms with van der Waals surface area (Å²) in [5.41, 5.74) is 1.01. The van der Waals surface area contributed by atoms with E-state index in [1.165, 1.54) is 12.1 Å². The second kappa shape index (κ2) is 7.45. The van der Waals surface area contributed by atoms with Gasteiger partial charge in [-0.15, -0.1) is 0 Å². The van der Waals surface area contributed by atoms with E-state index in [1.807, 2.05) is 31.2 Å². The van der Waals surface area contributed by atoms with E-state index >= 15 is 0 Å². The minimum Gasteiger partial charge on any atom is -0.457 e. The second-order valence-electron chi connectivity index (χ2n) is 6.12. The summed E-state index contributed by atoms with van der Waals surface area (Å²) in [6, 6.07) is 13.4. The number of hydrogen-bond donors (Lipinski definition) is 2. The molecule has 0 bridgehead atoms. The summed E-state index contributed by atoms with van der Waals surface area (Å²) in [5, 5.41) is 6.16. The van der Waals surface area contributed by atoms with Gasteiger partial charge in [-0.1, -0.05) is 19.1 Å². The molecule has 0 aromatic heterocycles. The molecule has 0 aliphatic carbocycles. The molecule has 0 radical (unpaired) electrons. The summed E-state index contributed by atoms with van der Waals surface area (Å²) in [7, 11) is 0. The molecule has 3 rings (SSSR count). The summed E-state index contributed by atoms with van der Waals surface area (Å²) in [4.78, 5) is 12.1. The van der Waals surface area contributed by atoms with Gasteiger partial charge in [-0.2, -0.15) is 0 Å². The Labute approximate surface area is 141 Å². The number of nitrogens with one attached hydrogen (secondary N) is 2. The van der Waals surface area contributed by atoms with Gasteiger partial charge < -0.3 is 15.4 Å². The van der Waals surface area contributed by atoms with Crippen molar-refractivity contribution >= 4 is 5.91 Å². The Balaban J connectivity index is 1.50. The monoisotopic (exact) mass is 328 g/mol. The number of carbonyl (C=O) groups excluding carboxylic acids is 1. The van der Waals surface area contributed by atoms with E-state index in [2.05, 4.69) is 10.6 Å². The van der Waals surface area contributed by atoms with Crippen LogP contribution in [0.25, 0.3) is 0 Å². The zero-order valence-electron chi connectivity index (χ0n) is 13.6. The predicted octanol–water partition coefficient (Wildman–Crippen LogP) is 3.09. The third-order valence-corrected chi connectivity index (χ3v) is 4.37. The van der Waals surface area contributed by atoms with Crippen LogP contribution in [0.2, 0.25) is 0 Å². The molecular formula is C19H21FN2O2. The second-order valence-corrected chi connectivity index (χ2v) is 6.12. The van der Waals surface area contributed by atoms with Crippen LogP contribution in [0.4, 0.5) is 4.39 Å². The van der Waals surface area contributed by atoms with Gasteiger partial charge >= 0.3 is 0 Å². The van der Waals surface area contributed by atoms with Gasteiger partial charge in [0.15, 0.2) is 0 Å². The van der Waals surface area contributed by atoms with Gasteiger partial charge in [0.2, 0.25) is 5.91 Å². The summed E-state index contributed by atoms with van der Waals surface area (Å²) >= 11 is 0. The summed E-state index contributed by atoms with van der Waals surface area (Å²) < 4.78 is 18.5. The van der Waals surface area contributed by atoms with E-state index in [0.717, 1.165) is 18.7 Å². The highest BCUT2D eigenvalue weighted by molar-refractivity contribution is 5.78. The lowest BCUT2D eigenvalue weighted by atomic mass is 9.88. The van der Waals surface area contributed by atoms with Gasteiger partial charge in [-0.25, -0.2) is 4.39 Å². The minimum absolute atomic E-state index is 0.0346. The van der Waals surface area contributed by atoms with Crippen LogP contribution in [0.1, 0.15) is 12.5 Å². The van der Waals surface area contributed by atoms with Crippen LogP contribution in [0.3, 0.4) is 0 Å². The van der Waals surface area contributed by atoms with Crippen molar-refractivity contribution in [2.24, 2.45) is 11.8 Å². The van der Waals surface area contributed by atoms with Crippen molar-refractivity contribution < 1.29 is 13.9 Å². The van der Waals surface area contributed by atoms with E-state index in [4.69, 9.17) is 4.74 Å². The van der Waals surface area contributed by atoms with E-state index in [1.54, 1.807) is 12.1 Å². The molecule has 1 amide bonds. The lowest BCUT2D eigenvalue weighted by molar-refractivity contribution is -0.126. The van der Waals surface area contributed by atoms with Crippen LogP contribution in [0.5, 0.6) is 11.5 Å². The van der Waals surface area contributed by atoms with Crippen LogP contribution in [0.15, 0.2) is 48.5 Å². The number of carbonyl (C=O) groups is 1. The first-order chi connectivity index (χ1) is 11.6. The first-order valence-electron chi connectivity index (χ1n) is 8.12. The molecule has 0 spiro atoms. The topological polar surface area (TPSA) is 50.4 Å². The molecule has 2 aromatic carbocycles. The van der Waals surface area contributed by atoms with Crippen molar-refractivity contribution in [2.75, 3.05) is 13.1 Å². The SMILES string of the molecule is CC(C(=O)NCc1ccc(Oc2ccc(F)cc2)cc1)C1CNC1. The van der Waals surface area contributed by atoms with Gasteiger partial charge in [-0.3, -0.25) is 4.79 Å². The Morgan fingerprint density at radius 1 is 1.17 bits per heavy atom. The molecule has 1 atom stereocenters. The Bertz CT molecular complexity index is 682. The number of halogens is 1. The average molecular weight is 328 g/mol. The maximum absolute atomic E-state index is 12.9. The number of hydrogen-bond acceptors (Lipinski definition) is 3. The molecule has 1 fully saturated rings. The molecule has 0 saturated carbocycles. The van der Waals surface area contributed by atoms with E-state index in [0.29, 0.717) is 24.0 Å². The molecular weight excluding hydrogens is 307 g/mol. The Kier molecular flexibility index (Phi) is 5.11. The fraction of sp³-hybridized carbons (Fsp3) is 0.316. The minimum atomic E-state index is -0.291. The van der Waals surface area contributed by atoms with Crippen LogP contribution in [0, 0.1) is 17.7 Å². The normalized spacial score (nSPS) is 15.4. The number of rotatable bonds is 6. The van der Waals surface area contributed by atoms with Crippen molar-refractivity contribution in [1.29, 1.82) is 0 Å². The van der Waals surface area contributed by atoms with Gasteiger partial charge in [0.25, 0.3) is 0 Å². The third-order valence-electron chi connectivity index (χ3n) is 4.37. The standard InChI is InChI=1S/C19H21FN2O2/c1-13(15-11-21-12-15)19(23)22-10-14-2-6-17(7-3-14)24-18-8-4-16(20)5-9-18/h2-9,13,15,21H,10-12H2,1H3,(H,22,23). The third kappa shape index (κ3) is 4.11. The number of benzene rings is 2. The van der Waals surface area contributed by atoms with Crippen molar-refractivity contribution in [3.05, 3.63) is 59.9 Å². The summed E-state index contributed by atoms with van der Waals surface area (Å²) in [5.74, 6) is 1.53. The van der Waals surface area contributed by atoms with Crippen molar-refractivity contribution in [2.45, 2.75) is 13.5 Å². The van der Waals surface area contributed by atoms with E-state index in [-0.39, 0.29) is 17.6 Å². The molecule has 2 aromatic rings. The average Bonchev–Trinajstić information content (AvgIpc) is 2.54. The molecule has 1 aliphatic heterocycles. The van der Waals surface area contributed by atoms with Crippen LogP contribution in [-0.2, 0) is 11.3 Å². The van der Waals surface area contributed by atoms with Crippen LogP contribution < -0.4 is 15.4 Å². The maximum atomic E-state index is 12.9. The molecule has 1 unspecified atom stereocenters. The smallest absolute Gasteiger partial charge is 0.223 e. The van der Waals surface area contributed by atoms with Crippen LogP contribution >= 0.6 is 0 Å². The number of ether oxygens (including phenoxy) is 1. The molecule has 2 N–H and O–H groups in total. The molecule has 1 saturated heterocycles. The van der Waals surface area contributed by atoms with Gasteiger partial charge in [0, 0.05) is 12.5 Å². The van der Waals surface area contributed by atoms with Gasteiger partial charge in [0.1, 0.15) is 17.3 Å². The first-order valence-corrected chi connectivity index (χ1v) is 8.12. The summed E-state index contributed by atoms with van der Waals surface area (Å²) in [6.07, 6.45) is 0. The molecule has 126 valence electrons. The maximum Gasteiger partial charge on any atom is 0.223 e. The Hall–Kier alpha value is -2.40. The van der Waals surface area contributed by atoms with Crippen LogP contribution in [-0.4, -0.2) is 19.0 Å². The fourth-order valence-corrected chi connectivity index (χ4v) is 2.54. The molecule has 5 heteroatoms. The fourth-order valence-electron chi connectivity index (χ4n) is 2.54. The largest absolute Gasteiger partial charge is 0.457 e. The first kappa shape index (κ1) is 16.5. The van der Waals surface area contributed by atoms with E-state index in [9.17, 15) is 9.18 Å². The van der Waals surface area contributed by atoms with Crippen molar-refractivity contribution in [1.82, 2.24) is 10.6 Å². The lowest BCUT2D eigenvalue weighted by Crippen LogP contribution is -2.49. The summed E-state index contributed by atoms with van der Waals surface area (Å²) in [6.45, 7) is 4.31. The predicted molar refractivity (Wildman–Crippen MR) is 90.3 cm³/mol. The Morgan fingerprint density at radius 3 is 2.29 bits per heavy atom. The number of amides is 1. The zero-order valence-corrected chi connectivity index (χ0v) is 13.6. The van der Waals surface area contributed by atoms with Crippen molar-refractivity contribution in [3.63, 3.8) is 0 Å². The van der Waals surface area contributed by atoms with Crippen molar-refractivity contribution in [3.8, 4) is 11.5 Å². The molecule has 1 aliphatic rings. The quantitative estimate of drug-likeness (QED) is 0.857. The van der Waals surface area contributed by atoms with Gasteiger partial charge in [0.05, 0.1) is 0 Å². The highest BCUT2D eigenvalue weighted by Crippen LogP contribution is 2.22. The molecule has 1 heterocycles. The van der Waals surface area contributed by atoms with Gasteiger partial charge in [-0.05, 0) is 61.0 Å². The highest BCUT2D eigenvalue weighted by atomic mass is 19.1. The van der Waals surface area contributed by atoms with E-state index < -0.39 is 0 Å². The molecule has 4 nitrogen and oxygen atoms in total. The zero-order chi connectivity index (χ0) is 16.9. The molecule has 24 heavy (non-hydrogen) atoms. The Morgan fingerprint density at radius 2 is 1.75 bits per heavy atom. The lowest BCUT2D eigenvalue weighted by Gasteiger charge is -2.31. The highest BCUT2D eigenvalue weighted by Gasteiger charge is 2.28.